The molecule has 0 fully saturated rings. The molecule has 17 heavy (non-hydrogen) atoms. The maximum atomic E-state index is 5.70. The van der Waals surface area contributed by atoms with E-state index < -0.39 is 0 Å². The van der Waals surface area contributed by atoms with E-state index in [0.717, 1.165) is 25.9 Å². The van der Waals surface area contributed by atoms with Gasteiger partial charge >= 0.3 is 0 Å². The summed E-state index contributed by atoms with van der Waals surface area (Å²) in [6, 6.07) is 2.00. The SMILES string of the molecule is CN(CCCC(C)(C)C(N)=S)Cc1ccoc1. The topological polar surface area (TPSA) is 42.4 Å². The number of furan rings is 1. The molecule has 96 valence electrons. The van der Waals surface area contributed by atoms with Crippen molar-refractivity contribution in [2.45, 2.75) is 33.2 Å². The first-order valence-electron chi connectivity index (χ1n) is 5.91. The van der Waals surface area contributed by atoms with E-state index in [9.17, 15) is 0 Å². The highest BCUT2D eigenvalue weighted by molar-refractivity contribution is 7.80. The number of hydrogen-bond acceptors (Lipinski definition) is 3. The van der Waals surface area contributed by atoms with Gasteiger partial charge in [0.1, 0.15) is 0 Å². The molecule has 0 radical (unpaired) electrons. The van der Waals surface area contributed by atoms with Crippen molar-refractivity contribution in [2.75, 3.05) is 13.6 Å². The highest BCUT2D eigenvalue weighted by Gasteiger charge is 2.20. The van der Waals surface area contributed by atoms with Gasteiger partial charge in [0.2, 0.25) is 0 Å². The molecule has 1 aromatic rings. The van der Waals surface area contributed by atoms with E-state index in [-0.39, 0.29) is 5.41 Å². The van der Waals surface area contributed by atoms with Crippen LogP contribution in [-0.2, 0) is 6.54 Å². The average molecular weight is 254 g/mol. The lowest BCUT2D eigenvalue weighted by molar-refractivity contribution is 0.300. The Hall–Kier alpha value is -0.870. The molecule has 1 heterocycles. The van der Waals surface area contributed by atoms with E-state index in [1.54, 1.807) is 12.5 Å². The van der Waals surface area contributed by atoms with Crippen molar-refractivity contribution in [1.82, 2.24) is 4.90 Å². The van der Waals surface area contributed by atoms with Gasteiger partial charge in [-0.25, -0.2) is 0 Å². The summed E-state index contributed by atoms with van der Waals surface area (Å²) in [5.74, 6) is 0. The third-order valence-electron chi connectivity index (χ3n) is 3.04. The third kappa shape index (κ3) is 4.88. The zero-order chi connectivity index (χ0) is 12.9. The Kier molecular flexibility index (Phi) is 5.15. The van der Waals surface area contributed by atoms with Gasteiger partial charge < -0.3 is 15.1 Å². The Balaban J connectivity index is 2.25. The van der Waals surface area contributed by atoms with Crippen LogP contribution in [0.4, 0.5) is 0 Å². The molecule has 0 bridgehead atoms. The van der Waals surface area contributed by atoms with Crippen molar-refractivity contribution >= 4 is 17.2 Å². The van der Waals surface area contributed by atoms with Crippen molar-refractivity contribution in [2.24, 2.45) is 11.1 Å². The zero-order valence-corrected chi connectivity index (χ0v) is 11.7. The lowest BCUT2D eigenvalue weighted by atomic mass is 9.88. The molecule has 0 aliphatic carbocycles. The summed E-state index contributed by atoms with van der Waals surface area (Å²) in [6.45, 7) is 6.16. The van der Waals surface area contributed by atoms with Crippen molar-refractivity contribution in [1.29, 1.82) is 0 Å². The van der Waals surface area contributed by atoms with Crippen LogP contribution in [0.25, 0.3) is 0 Å². The second-order valence-corrected chi connectivity index (χ2v) is 5.66. The van der Waals surface area contributed by atoms with Gasteiger partial charge in [-0.1, -0.05) is 26.1 Å². The van der Waals surface area contributed by atoms with Crippen molar-refractivity contribution in [3.63, 3.8) is 0 Å². The highest BCUT2D eigenvalue weighted by Crippen LogP contribution is 2.22. The van der Waals surface area contributed by atoms with E-state index in [4.69, 9.17) is 22.4 Å². The van der Waals surface area contributed by atoms with Crippen LogP contribution < -0.4 is 5.73 Å². The van der Waals surface area contributed by atoms with Crippen LogP contribution >= 0.6 is 12.2 Å². The molecule has 3 nitrogen and oxygen atoms in total. The fourth-order valence-corrected chi connectivity index (χ4v) is 1.79. The molecular formula is C13H22N2OS. The molecule has 1 aromatic heterocycles. The molecule has 0 aliphatic heterocycles. The molecule has 2 N–H and O–H groups in total. The molecule has 0 saturated carbocycles. The minimum Gasteiger partial charge on any atom is -0.472 e. The van der Waals surface area contributed by atoms with Crippen LogP contribution in [0.15, 0.2) is 23.0 Å². The predicted molar refractivity (Wildman–Crippen MR) is 74.8 cm³/mol. The van der Waals surface area contributed by atoms with E-state index in [0.29, 0.717) is 4.99 Å². The van der Waals surface area contributed by atoms with Crippen LogP contribution in [-0.4, -0.2) is 23.5 Å². The Morgan fingerprint density at radius 2 is 2.24 bits per heavy atom. The lowest BCUT2D eigenvalue weighted by Crippen LogP contribution is -2.30. The first kappa shape index (κ1) is 14.2. The van der Waals surface area contributed by atoms with Gasteiger partial charge in [0.05, 0.1) is 17.5 Å². The maximum absolute atomic E-state index is 5.70. The van der Waals surface area contributed by atoms with E-state index in [2.05, 4.69) is 25.8 Å². The van der Waals surface area contributed by atoms with E-state index >= 15 is 0 Å². The average Bonchev–Trinajstić information content (AvgIpc) is 2.69. The quantitative estimate of drug-likeness (QED) is 0.760. The smallest absolute Gasteiger partial charge is 0.0947 e. The molecule has 0 amide bonds. The highest BCUT2D eigenvalue weighted by atomic mass is 32.1. The van der Waals surface area contributed by atoms with E-state index in [1.165, 1.54) is 5.56 Å². The number of thiocarbonyl (C=S) groups is 1. The minimum absolute atomic E-state index is 0.0359. The predicted octanol–water partition coefficient (Wildman–Crippen LogP) is 2.80. The van der Waals surface area contributed by atoms with Crippen LogP contribution in [0.3, 0.4) is 0 Å². The Morgan fingerprint density at radius 3 is 2.76 bits per heavy atom. The second kappa shape index (κ2) is 6.17. The molecule has 1 rings (SSSR count). The van der Waals surface area contributed by atoms with Crippen LogP contribution in [0.2, 0.25) is 0 Å². The van der Waals surface area contributed by atoms with Crippen LogP contribution in [0, 0.1) is 5.41 Å². The summed E-state index contributed by atoms with van der Waals surface area (Å²) >= 11 is 5.06. The number of nitrogens with two attached hydrogens (primary N) is 1. The molecule has 0 saturated heterocycles. The van der Waals surface area contributed by atoms with Gasteiger partial charge in [0.15, 0.2) is 0 Å². The number of hydrogen-bond donors (Lipinski definition) is 1. The van der Waals surface area contributed by atoms with Gasteiger partial charge in [-0.15, -0.1) is 0 Å². The standard InChI is InChI=1S/C13H22N2OS/c1-13(2,12(14)17)6-4-7-15(3)9-11-5-8-16-10-11/h5,8,10H,4,6-7,9H2,1-3H3,(H2,14,17). The fraction of sp³-hybridized carbons (Fsp3) is 0.615. The second-order valence-electron chi connectivity index (χ2n) is 5.22. The van der Waals surface area contributed by atoms with Crippen molar-refractivity contribution in [3.8, 4) is 0 Å². The molecule has 0 spiro atoms. The molecule has 4 heteroatoms. The Labute approximate surface area is 109 Å². The summed E-state index contributed by atoms with van der Waals surface area (Å²) < 4.78 is 5.05. The van der Waals surface area contributed by atoms with Gasteiger partial charge in [-0.05, 0) is 32.5 Å². The largest absolute Gasteiger partial charge is 0.472 e. The van der Waals surface area contributed by atoms with E-state index in [1.807, 2.05) is 6.07 Å². The fourth-order valence-electron chi connectivity index (χ4n) is 1.69. The number of rotatable bonds is 7. The first-order chi connectivity index (χ1) is 7.92. The molecule has 0 unspecified atom stereocenters. The molecule has 0 aromatic carbocycles. The van der Waals surface area contributed by atoms with Crippen molar-refractivity contribution < 1.29 is 4.42 Å². The summed E-state index contributed by atoms with van der Waals surface area (Å²) in [5, 5.41) is 0. The van der Waals surface area contributed by atoms with Gasteiger partial charge in [-0.2, -0.15) is 0 Å². The summed E-state index contributed by atoms with van der Waals surface area (Å²) in [5.41, 5.74) is 6.88. The van der Waals surface area contributed by atoms with Gasteiger partial charge in [0, 0.05) is 17.5 Å². The molecular weight excluding hydrogens is 232 g/mol. The molecule has 0 atom stereocenters. The maximum Gasteiger partial charge on any atom is 0.0947 e. The minimum atomic E-state index is -0.0359. The summed E-state index contributed by atoms with van der Waals surface area (Å²) in [6.07, 6.45) is 5.62. The normalized spacial score (nSPS) is 12.0. The van der Waals surface area contributed by atoms with Crippen LogP contribution in [0.5, 0.6) is 0 Å². The van der Waals surface area contributed by atoms with Gasteiger partial charge in [-0.3, -0.25) is 0 Å². The number of nitrogens with zero attached hydrogens (tertiary/aromatic N) is 1. The first-order valence-corrected chi connectivity index (χ1v) is 6.32. The third-order valence-corrected chi connectivity index (χ3v) is 3.59. The lowest BCUT2D eigenvalue weighted by Gasteiger charge is -2.24. The van der Waals surface area contributed by atoms with Crippen molar-refractivity contribution in [3.05, 3.63) is 24.2 Å². The monoisotopic (exact) mass is 254 g/mol. The Morgan fingerprint density at radius 1 is 1.53 bits per heavy atom. The summed E-state index contributed by atoms with van der Waals surface area (Å²) in [7, 11) is 2.11. The molecule has 0 aliphatic rings. The van der Waals surface area contributed by atoms with Gasteiger partial charge in [0.25, 0.3) is 0 Å². The van der Waals surface area contributed by atoms with Crippen LogP contribution in [0.1, 0.15) is 32.3 Å². The summed E-state index contributed by atoms with van der Waals surface area (Å²) in [4.78, 5) is 2.88. The zero-order valence-electron chi connectivity index (χ0n) is 10.9. The Bertz CT molecular complexity index is 346.